The Bertz CT molecular complexity index is 1320. The second-order valence-corrected chi connectivity index (χ2v) is 11.5. The number of carbonyl (C=O) groups excluding carboxylic acids is 1. The molecule has 3 aromatic rings. The van der Waals surface area contributed by atoms with Crippen LogP contribution in [0, 0.1) is 11.3 Å². The SMILES string of the molecule is COc1ccc(NC(=O)c2c(N=Cc3cc(OC)c(OC)cc3OC)sc3c2CCC(C(C)(C)C)C3)cc1. The number of aliphatic imine (C=N–C) groups is 1. The quantitative estimate of drug-likeness (QED) is 0.316. The van der Waals surface area contributed by atoms with E-state index in [0.29, 0.717) is 39.4 Å². The molecule has 7 nitrogen and oxygen atoms in total. The number of ether oxygens (including phenoxy) is 4. The van der Waals surface area contributed by atoms with Crippen molar-refractivity contribution in [1.29, 1.82) is 0 Å². The first-order valence-corrected chi connectivity index (χ1v) is 13.4. The number of amides is 1. The van der Waals surface area contributed by atoms with Crippen molar-refractivity contribution in [2.75, 3.05) is 33.8 Å². The molecule has 1 atom stereocenters. The van der Waals surface area contributed by atoms with E-state index < -0.39 is 0 Å². The van der Waals surface area contributed by atoms with Gasteiger partial charge in [0.05, 0.1) is 34.0 Å². The minimum atomic E-state index is -0.159. The summed E-state index contributed by atoms with van der Waals surface area (Å²) in [6.07, 6.45) is 4.57. The van der Waals surface area contributed by atoms with Crippen LogP contribution in [0.25, 0.3) is 0 Å². The van der Waals surface area contributed by atoms with E-state index in [4.69, 9.17) is 23.9 Å². The minimum absolute atomic E-state index is 0.159. The van der Waals surface area contributed by atoms with Crippen LogP contribution >= 0.6 is 11.3 Å². The lowest BCUT2D eigenvalue weighted by molar-refractivity contribution is 0.102. The number of hydrogen-bond donors (Lipinski definition) is 1. The second-order valence-electron chi connectivity index (χ2n) is 10.4. The summed E-state index contributed by atoms with van der Waals surface area (Å²) in [6.45, 7) is 6.86. The van der Waals surface area contributed by atoms with E-state index in [9.17, 15) is 4.79 Å². The molecule has 8 heteroatoms. The number of nitrogens with zero attached hydrogens (tertiary/aromatic N) is 1. The molecule has 0 spiro atoms. The maximum Gasteiger partial charge on any atom is 0.259 e. The Kier molecular flexibility index (Phi) is 8.31. The summed E-state index contributed by atoms with van der Waals surface area (Å²) in [5, 5.41) is 3.75. The molecule has 1 N–H and O–H groups in total. The van der Waals surface area contributed by atoms with E-state index in [1.807, 2.05) is 30.3 Å². The van der Waals surface area contributed by atoms with Gasteiger partial charge in [0.15, 0.2) is 11.5 Å². The summed E-state index contributed by atoms with van der Waals surface area (Å²) >= 11 is 1.60. The van der Waals surface area contributed by atoms with Gasteiger partial charge in [-0.1, -0.05) is 20.8 Å². The highest BCUT2D eigenvalue weighted by atomic mass is 32.1. The Morgan fingerprint density at radius 2 is 1.63 bits per heavy atom. The number of rotatable bonds is 8. The lowest BCUT2D eigenvalue weighted by atomic mass is 9.72. The van der Waals surface area contributed by atoms with Gasteiger partial charge in [0, 0.05) is 28.4 Å². The van der Waals surface area contributed by atoms with Gasteiger partial charge in [-0.2, -0.15) is 0 Å². The number of anilines is 1. The van der Waals surface area contributed by atoms with E-state index in [2.05, 4.69) is 26.1 Å². The topological polar surface area (TPSA) is 78.4 Å². The predicted molar refractivity (Wildman–Crippen MR) is 154 cm³/mol. The standard InChI is InChI=1S/C30H36N2O5S/c1-30(2,3)19-8-13-22-26(15-19)38-29(27(22)28(33)32-20-9-11-21(34-4)12-10-20)31-17-18-14-24(36-6)25(37-7)16-23(18)35-5/h9-12,14,16-17,19H,8,13,15H2,1-7H3,(H,32,33). The molecule has 202 valence electrons. The van der Waals surface area contributed by atoms with Gasteiger partial charge < -0.3 is 24.3 Å². The molecule has 4 rings (SSSR count). The molecule has 1 unspecified atom stereocenters. The van der Waals surface area contributed by atoms with Crippen LogP contribution in [0.1, 0.15) is 53.6 Å². The molecular weight excluding hydrogens is 500 g/mol. The van der Waals surface area contributed by atoms with Crippen molar-refractivity contribution < 1.29 is 23.7 Å². The van der Waals surface area contributed by atoms with Crippen molar-refractivity contribution in [3.8, 4) is 23.0 Å². The van der Waals surface area contributed by atoms with E-state index in [-0.39, 0.29) is 11.3 Å². The fraction of sp³-hybridized carbons (Fsp3) is 0.400. The maximum atomic E-state index is 13.6. The van der Waals surface area contributed by atoms with E-state index in [1.165, 1.54) is 4.88 Å². The summed E-state index contributed by atoms with van der Waals surface area (Å²) in [6, 6.07) is 10.9. The third-order valence-corrected chi connectivity index (χ3v) is 8.27. The van der Waals surface area contributed by atoms with Crippen LogP contribution < -0.4 is 24.3 Å². The first-order chi connectivity index (χ1) is 18.2. The van der Waals surface area contributed by atoms with Crippen LogP contribution in [0.2, 0.25) is 0 Å². The molecule has 1 aliphatic rings. The molecule has 1 aliphatic carbocycles. The number of methoxy groups -OCH3 is 4. The van der Waals surface area contributed by atoms with Crippen LogP contribution in [-0.4, -0.2) is 40.6 Å². The molecule has 1 aromatic heterocycles. The maximum absolute atomic E-state index is 13.6. The highest BCUT2D eigenvalue weighted by Crippen LogP contribution is 2.45. The number of carbonyl (C=O) groups is 1. The molecule has 0 radical (unpaired) electrons. The number of benzene rings is 2. The van der Waals surface area contributed by atoms with Gasteiger partial charge in [-0.25, -0.2) is 4.99 Å². The Labute approximate surface area is 228 Å². The summed E-state index contributed by atoms with van der Waals surface area (Å²) in [5.41, 5.74) is 3.38. The zero-order valence-electron chi connectivity index (χ0n) is 23.1. The average molecular weight is 537 g/mol. The molecule has 0 aliphatic heterocycles. The van der Waals surface area contributed by atoms with Gasteiger partial charge in [-0.05, 0) is 66.5 Å². The first-order valence-electron chi connectivity index (χ1n) is 12.6. The van der Waals surface area contributed by atoms with Crippen LogP contribution in [0.5, 0.6) is 23.0 Å². The number of fused-ring (bicyclic) bond motifs is 1. The predicted octanol–water partition coefficient (Wildman–Crippen LogP) is 6.94. The van der Waals surface area contributed by atoms with Gasteiger partial charge in [0.25, 0.3) is 5.91 Å². The second kappa shape index (κ2) is 11.5. The number of hydrogen-bond acceptors (Lipinski definition) is 7. The van der Waals surface area contributed by atoms with Gasteiger partial charge in [0.1, 0.15) is 16.5 Å². The van der Waals surface area contributed by atoms with Crippen molar-refractivity contribution in [3.05, 3.63) is 58.0 Å². The highest BCUT2D eigenvalue weighted by molar-refractivity contribution is 7.16. The Hall–Kier alpha value is -3.52. The van der Waals surface area contributed by atoms with Crippen LogP contribution in [0.3, 0.4) is 0 Å². The van der Waals surface area contributed by atoms with Crippen LogP contribution in [0.15, 0.2) is 41.4 Å². The lowest BCUT2D eigenvalue weighted by Crippen LogP contribution is -2.27. The zero-order valence-corrected chi connectivity index (χ0v) is 24.0. The summed E-state index contributed by atoms with van der Waals surface area (Å²) < 4.78 is 21.7. The zero-order chi connectivity index (χ0) is 27.4. The fourth-order valence-electron chi connectivity index (χ4n) is 4.79. The van der Waals surface area contributed by atoms with Crippen molar-refractivity contribution in [3.63, 3.8) is 0 Å². The molecule has 1 heterocycles. The highest BCUT2D eigenvalue weighted by Gasteiger charge is 2.33. The first kappa shape index (κ1) is 27.5. The minimum Gasteiger partial charge on any atom is -0.497 e. The normalized spacial score (nSPS) is 15.2. The summed E-state index contributed by atoms with van der Waals surface area (Å²) in [7, 11) is 6.39. The van der Waals surface area contributed by atoms with Crippen molar-refractivity contribution in [2.24, 2.45) is 16.3 Å². The third kappa shape index (κ3) is 5.80. The monoisotopic (exact) mass is 536 g/mol. The van der Waals surface area contributed by atoms with E-state index in [1.54, 1.807) is 52.1 Å². The molecule has 2 aromatic carbocycles. The third-order valence-electron chi connectivity index (χ3n) is 7.10. The van der Waals surface area contributed by atoms with Crippen LogP contribution in [0.4, 0.5) is 10.7 Å². The molecule has 1 amide bonds. The van der Waals surface area contributed by atoms with Gasteiger partial charge >= 0.3 is 0 Å². The average Bonchev–Trinajstić information content (AvgIpc) is 3.29. The molecular formula is C30H36N2O5S. The van der Waals surface area contributed by atoms with Crippen molar-refractivity contribution in [2.45, 2.75) is 40.0 Å². The molecule has 0 fully saturated rings. The Balaban J connectivity index is 1.74. The largest absolute Gasteiger partial charge is 0.497 e. The van der Waals surface area contributed by atoms with Gasteiger partial charge in [-0.3, -0.25) is 4.79 Å². The molecule has 38 heavy (non-hydrogen) atoms. The van der Waals surface area contributed by atoms with Crippen molar-refractivity contribution >= 4 is 34.1 Å². The van der Waals surface area contributed by atoms with Crippen molar-refractivity contribution in [1.82, 2.24) is 0 Å². The Morgan fingerprint density at radius 3 is 2.24 bits per heavy atom. The number of thiophene rings is 1. The van der Waals surface area contributed by atoms with E-state index >= 15 is 0 Å². The fourth-order valence-corrected chi connectivity index (χ4v) is 6.05. The summed E-state index contributed by atoms with van der Waals surface area (Å²) in [4.78, 5) is 19.7. The summed E-state index contributed by atoms with van der Waals surface area (Å²) in [5.74, 6) is 2.87. The van der Waals surface area contributed by atoms with Gasteiger partial charge in [-0.15, -0.1) is 11.3 Å². The molecule has 0 bridgehead atoms. The van der Waals surface area contributed by atoms with E-state index in [0.717, 1.165) is 36.1 Å². The lowest BCUT2D eigenvalue weighted by Gasteiger charge is -2.33. The number of nitrogens with one attached hydrogen (secondary N) is 1. The van der Waals surface area contributed by atoms with Gasteiger partial charge in [0.2, 0.25) is 0 Å². The Morgan fingerprint density at radius 1 is 0.974 bits per heavy atom. The van der Waals surface area contributed by atoms with Crippen LogP contribution in [-0.2, 0) is 12.8 Å². The smallest absolute Gasteiger partial charge is 0.259 e. The molecule has 0 saturated heterocycles. The molecule has 0 saturated carbocycles.